The molecule has 0 amide bonds. The van der Waals surface area contributed by atoms with Crippen molar-refractivity contribution in [1.82, 2.24) is 0 Å². The second-order valence-electron chi connectivity index (χ2n) is 5.00. The Morgan fingerprint density at radius 2 is 1.95 bits per heavy atom. The highest BCUT2D eigenvalue weighted by molar-refractivity contribution is 5.65. The third kappa shape index (κ3) is 3.27. The Kier molecular flexibility index (Phi) is 4.57. The monoisotopic (exact) mass is 270 g/mol. The summed E-state index contributed by atoms with van der Waals surface area (Å²) in [5.74, 6) is -0.188. The zero-order chi connectivity index (χ0) is 14.5. The van der Waals surface area contributed by atoms with Gasteiger partial charge in [0.1, 0.15) is 5.82 Å². The Balaban J connectivity index is 2.39. The summed E-state index contributed by atoms with van der Waals surface area (Å²) in [5.41, 5.74) is 5.09. The molecule has 0 bridgehead atoms. The Hall–Kier alpha value is -2.09. The molecule has 0 unspecified atom stereocenters. The molecular formula is C18H19FO. The van der Waals surface area contributed by atoms with Crippen LogP contribution in [0, 0.1) is 12.7 Å². The lowest BCUT2D eigenvalue weighted by atomic mass is 9.96. The summed E-state index contributed by atoms with van der Waals surface area (Å²) in [4.78, 5) is 0. The van der Waals surface area contributed by atoms with Gasteiger partial charge >= 0.3 is 0 Å². The van der Waals surface area contributed by atoms with E-state index >= 15 is 0 Å². The Morgan fingerprint density at radius 3 is 2.65 bits per heavy atom. The highest BCUT2D eigenvalue weighted by Crippen LogP contribution is 2.26. The van der Waals surface area contributed by atoms with E-state index in [1.165, 1.54) is 17.2 Å². The fraction of sp³-hybridized carbons (Fsp3) is 0.222. The van der Waals surface area contributed by atoms with Gasteiger partial charge in [0.25, 0.3) is 0 Å². The second-order valence-corrected chi connectivity index (χ2v) is 5.00. The quantitative estimate of drug-likeness (QED) is 0.718. The summed E-state index contributed by atoms with van der Waals surface area (Å²) in [6, 6.07) is 12.9. The average Bonchev–Trinajstić information content (AvgIpc) is 2.42. The molecule has 0 aliphatic carbocycles. The molecule has 0 saturated heterocycles. The lowest BCUT2D eigenvalue weighted by Gasteiger charge is -2.10. The van der Waals surface area contributed by atoms with Crippen LogP contribution >= 0.6 is 0 Å². The zero-order valence-corrected chi connectivity index (χ0v) is 12.1. The maximum absolute atomic E-state index is 13.9. The van der Waals surface area contributed by atoms with E-state index in [1.54, 1.807) is 19.4 Å². The maximum atomic E-state index is 13.9. The predicted octanol–water partition coefficient (Wildman–Crippen LogP) is 4.89. The SMILES string of the molecule is CO/C=C(\C)Cc1cc(-c2ccccc2F)ccc1C. The molecule has 20 heavy (non-hydrogen) atoms. The van der Waals surface area contributed by atoms with E-state index in [4.69, 9.17) is 4.74 Å². The standard InChI is InChI=1S/C18H19FO/c1-13(12-20-3)10-16-11-15(9-8-14(16)2)17-6-4-5-7-18(17)19/h4-9,11-12H,10H2,1-3H3/b13-12+. The first-order chi connectivity index (χ1) is 9.61. The molecule has 2 aromatic rings. The van der Waals surface area contributed by atoms with Crippen molar-refractivity contribution in [3.05, 3.63) is 71.2 Å². The number of benzene rings is 2. The van der Waals surface area contributed by atoms with Crippen LogP contribution in [0.3, 0.4) is 0 Å². The predicted molar refractivity (Wildman–Crippen MR) is 81.0 cm³/mol. The van der Waals surface area contributed by atoms with Crippen molar-refractivity contribution < 1.29 is 9.13 Å². The fourth-order valence-electron chi connectivity index (χ4n) is 2.27. The summed E-state index contributed by atoms with van der Waals surface area (Å²) < 4.78 is 18.9. The van der Waals surface area contributed by atoms with Crippen LogP contribution in [0.5, 0.6) is 0 Å². The molecule has 0 heterocycles. The minimum atomic E-state index is -0.188. The van der Waals surface area contributed by atoms with Gasteiger partial charge in [0.15, 0.2) is 0 Å². The number of aryl methyl sites for hydroxylation is 1. The number of hydrogen-bond acceptors (Lipinski definition) is 1. The molecule has 0 N–H and O–H groups in total. The van der Waals surface area contributed by atoms with Crippen LogP contribution in [0.1, 0.15) is 18.1 Å². The van der Waals surface area contributed by atoms with E-state index < -0.39 is 0 Å². The van der Waals surface area contributed by atoms with E-state index in [2.05, 4.69) is 13.0 Å². The zero-order valence-electron chi connectivity index (χ0n) is 12.1. The summed E-state index contributed by atoms with van der Waals surface area (Å²) >= 11 is 0. The lowest BCUT2D eigenvalue weighted by molar-refractivity contribution is 0.333. The minimum Gasteiger partial charge on any atom is -0.504 e. The first-order valence-electron chi connectivity index (χ1n) is 6.64. The summed E-state index contributed by atoms with van der Waals surface area (Å²) in [5, 5.41) is 0. The third-order valence-electron chi connectivity index (χ3n) is 3.32. The molecule has 2 rings (SSSR count). The molecule has 1 nitrogen and oxygen atoms in total. The van der Waals surface area contributed by atoms with Crippen LogP contribution < -0.4 is 0 Å². The molecule has 2 heteroatoms. The van der Waals surface area contributed by atoms with Gasteiger partial charge in [0, 0.05) is 5.56 Å². The molecule has 0 saturated carbocycles. The second kappa shape index (κ2) is 6.38. The van der Waals surface area contributed by atoms with E-state index in [-0.39, 0.29) is 5.82 Å². The Morgan fingerprint density at radius 1 is 1.20 bits per heavy atom. The summed E-state index contributed by atoms with van der Waals surface area (Å²) in [7, 11) is 1.64. The van der Waals surface area contributed by atoms with Crippen molar-refractivity contribution in [2.75, 3.05) is 7.11 Å². The normalized spacial score (nSPS) is 11.5. The maximum Gasteiger partial charge on any atom is 0.131 e. The number of methoxy groups -OCH3 is 1. The number of rotatable bonds is 4. The molecular weight excluding hydrogens is 251 g/mol. The highest BCUT2D eigenvalue weighted by Gasteiger charge is 2.07. The topological polar surface area (TPSA) is 9.23 Å². The van der Waals surface area contributed by atoms with Crippen LogP contribution in [0.25, 0.3) is 11.1 Å². The van der Waals surface area contributed by atoms with Gasteiger partial charge in [-0.15, -0.1) is 0 Å². The molecule has 0 radical (unpaired) electrons. The van der Waals surface area contributed by atoms with Gasteiger partial charge in [0.2, 0.25) is 0 Å². The number of ether oxygens (including phenoxy) is 1. The van der Waals surface area contributed by atoms with Crippen molar-refractivity contribution in [3.63, 3.8) is 0 Å². The van der Waals surface area contributed by atoms with Gasteiger partial charge in [-0.1, -0.05) is 36.4 Å². The van der Waals surface area contributed by atoms with Gasteiger partial charge in [-0.25, -0.2) is 4.39 Å². The number of allylic oxidation sites excluding steroid dienone is 1. The van der Waals surface area contributed by atoms with E-state index in [1.807, 2.05) is 31.2 Å². The smallest absolute Gasteiger partial charge is 0.131 e. The van der Waals surface area contributed by atoms with Gasteiger partial charge in [-0.05, 0) is 48.6 Å². The summed E-state index contributed by atoms with van der Waals surface area (Å²) in [6.45, 7) is 4.10. The van der Waals surface area contributed by atoms with Gasteiger partial charge in [-0.2, -0.15) is 0 Å². The van der Waals surface area contributed by atoms with E-state index in [0.717, 1.165) is 17.6 Å². The number of hydrogen-bond donors (Lipinski definition) is 0. The van der Waals surface area contributed by atoms with Crippen molar-refractivity contribution in [2.45, 2.75) is 20.3 Å². The molecule has 0 aromatic heterocycles. The lowest BCUT2D eigenvalue weighted by Crippen LogP contribution is -1.94. The Bertz CT molecular complexity index is 629. The average molecular weight is 270 g/mol. The number of halogens is 1. The van der Waals surface area contributed by atoms with Crippen LogP contribution in [0.4, 0.5) is 4.39 Å². The molecule has 0 aliphatic rings. The van der Waals surface area contributed by atoms with Crippen LogP contribution in [-0.4, -0.2) is 7.11 Å². The molecule has 104 valence electrons. The molecule has 0 atom stereocenters. The van der Waals surface area contributed by atoms with Crippen molar-refractivity contribution in [1.29, 1.82) is 0 Å². The molecule has 0 spiro atoms. The minimum absolute atomic E-state index is 0.188. The van der Waals surface area contributed by atoms with Crippen LogP contribution in [-0.2, 0) is 11.2 Å². The van der Waals surface area contributed by atoms with E-state index in [0.29, 0.717) is 5.56 Å². The fourth-order valence-corrected chi connectivity index (χ4v) is 2.27. The van der Waals surface area contributed by atoms with Crippen molar-refractivity contribution in [2.24, 2.45) is 0 Å². The van der Waals surface area contributed by atoms with Gasteiger partial charge in [0.05, 0.1) is 13.4 Å². The largest absolute Gasteiger partial charge is 0.504 e. The van der Waals surface area contributed by atoms with E-state index in [9.17, 15) is 4.39 Å². The van der Waals surface area contributed by atoms with Crippen LogP contribution in [0.2, 0.25) is 0 Å². The third-order valence-corrected chi connectivity index (χ3v) is 3.32. The molecule has 2 aromatic carbocycles. The Labute approximate surface area is 119 Å². The first-order valence-corrected chi connectivity index (χ1v) is 6.64. The van der Waals surface area contributed by atoms with Crippen molar-refractivity contribution >= 4 is 0 Å². The van der Waals surface area contributed by atoms with Gasteiger partial charge in [-0.3, -0.25) is 0 Å². The summed E-state index contributed by atoms with van der Waals surface area (Å²) in [6.07, 6.45) is 2.55. The first kappa shape index (κ1) is 14.3. The highest BCUT2D eigenvalue weighted by atomic mass is 19.1. The van der Waals surface area contributed by atoms with Crippen LogP contribution in [0.15, 0.2) is 54.3 Å². The molecule has 0 fully saturated rings. The van der Waals surface area contributed by atoms with Crippen molar-refractivity contribution in [3.8, 4) is 11.1 Å². The van der Waals surface area contributed by atoms with Gasteiger partial charge < -0.3 is 4.74 Å². The molecule has 0 aliphatic heterocycles.